The molecule has 5 heteroatoms. The van der Waals surface area contributed by atoms with Gasteiger partial charge in [0.25, 0.3) is 0 Å². The van der Waals surface area contributed by atoms with E-state index in [2.05, 4.69) is 39.1 Å². The molecule has 2 aromatic heterocycles. The maximum absolute atomic E-state index is 4.21. The molecule has 0 aliphatic heterocycles. The highest BCUT2D eigenvalue weighted by atomic mass is 32.1. The minimum Gasteiger partial charge on any atom is -0.303 e. The molecule has 1 N–H and O–H groups in total. The lowest BCUT2D eigenvalue weighted by Crippen LogP contribution is -2.18. The van der Waals surface area contributed by atoms with Crippen LogP contribution < -0.4 is 5.32 Å². The Kier molecular flexibility index (Phi) is 3.13. The molecule has 4 nitrogen and oxygen atoms in total. The minimum absolute atomic E-state index is 0.347. The normalized spacial score (nSPS) is 12.9. The van der Waals surface area contributed by atoms with Gasteiger partial charge in [-0.05, 0) is 29.3 Å². The minimum atomic E-state index is 0.347. The molecule has 0 saturated carbocycles. The predicted molar refractivity (Wildman–Crippen MR) is 60.6 cm³/mol. The number of nitrogens with one attached hydrogen (secondary N) is 1. The van der Waals surface area contributed by atoms with Gasteiger partial charge in [-0.25, -0.2) is 4.98 Å². The van der Waals surface area contributed by atoms with E-state index in [4.69, 9.17) is 0 Å². The van der Waals surface area contributed by atoms with Crippen LogP contribution in [-0.2, 0) is 13.6 Å². The van der Waals surface area contributed by atoms with Gasteiger partial charge in [-0.3, -0.25) is 4.68 Å². The average molecular weight is 222 g/mol. The summed E-state index contributed by atoms with van der Waals surface area (Å²) in [5.74, 6) is 0.833. The third-order valence-electron chi connectivity index (χ3n) is 2.26. The van der Waals surface area contributed by atoms with Crippen molar-refractivity contribution >= 4 is 11.3 Å². The van der Waals surface area contributed by atoms with Crippen LogP contribution in [0.25, 0.3) is 0 Å². The van der Waals surface area contributed by atoms with E-state index >= 15 is 0 Å². The number of rotatable bonds is 4. The van der Waals surface area contributed by atoms with E-state index in [-0.39, 0.29) is 0 Å². The molecule has 0 spiro atoms. The quantitative estimate of drug-likeness (QED) is 0.856. The van der Waals surface area contributed by atoms with Crippen molar-refractivity contribution in [2.75, 3.05) is 0 Å². The Morgan fingerprint density at radius 3 is 3.07 bits per heavy atom. The molecule has 2 aromatic rings. The number of nitrogens with zero attached hydrogens (tertiary/aromatic N) is 3. The van der Waals surface area contributed by atoms with Gasteiger partial charge in [-0.15, -0.1) is 0 Å². The number of aromatic nitrogens is 3. The second-order valence-corrected chi connectivity index (χ2v) is 4.27. The molecule has 0 saturated heterocycles. The fourth-order valence-corrected chi connectivity index (χ4v) is 2.10. The summed E-state index contributed by atoms with van der Waals surface area (Å²) in [7, 11) is 1.87. The molecule has 0 radical (unpaired) electrons. The van der Waals surface area contributed by atoms with Crippen LogP contribution >= 0.6 is 11.3 Å². The van der Waals surface area contributed by atoms with Gasteiger partial charge in [0.2, 0.25) is 0 Å². The Morgan fingerprint density at radius 1 is 1.60 bits per heavy atom. The Bertz CT molecular complexity index is 407. The zero-order valence-corrected chi connectivity index (χ0v) is 9.66. The van der Waals surface area contributed by atoms with Gasteiger partial charge in [-0.2, -0.15) is 16.4 Å². The summed E-state index contributed by atoms with van der Waals surface area (Å²) in [5, 5.41) is 11.8. The van der Waals surface area contributed by atoms with Gasteiger partial charge in [-0.1, -0.05) is 0 Å². The highest BCUT2D eigenvalue weighted by Crippen LogP contribution is 2.15. The highest BCUT2D eigenvalue weighted by Gasteiger charge is 2.06. The van der Waals surface area contributed by atoms with Gasteiger partial charge in [0.15, 0.2) is 5.82 Å². The van der Waals surface area contributed by atoms with Crippen LogP contribution in [-0.4, -0.2) is 14.8 Å². The van der Waals surface area contributed by atoms with E-state index in [9.17, 15) is 0 Å². The standard InChI is InChI=1S/C10H14N4S/c1-8(9-3-4-15-6-9)11-5-10-12-7-14(2)13-10/h3-4,6-8,11H,5H2,1-2H3. The summed E-state index contributed by atoms with van der Waals surface area (Å²) in [4.78, 5) is 4.16. The predicted octanol–water partition coefficient (Wildman–Crippen LogP) is 1.73. The van der Waals surface area contributed by atoms with Crippen LogP contribution in [0.2, 0.25) is 0 Å². The second-order valence-electron chi connectivity index (χ2n) is 3.49. The van der Waals surface area contributed by atoms with Crippen molar-refractivity contribution in [3.63, 3.8) is 0 Å². The van der Waals surface area contributed by atoms with Crippen molar-refractivity contribution in [3.8, 4) is 0 Å². The molecular formula is C10H14N4S. The zero-order chi connectivity index (χ0) is 10.7. The summed E-state index contributed by atoms with van der Waals surface area (Å²) >= 11 is 1.72. The van der Waals surface area contributed by atoms with Crippen molar-refractivity contribution in [2.45, 2.75) is 19.5 Å². The van der Waals surface area contributed by atoms with Crippen molar-refractivity contribution < 1.29 is 0 Å². The smallest absolute Gasteiger partial charge is 0.164 e. The maximum atomic E-state index is 4.21. The first kappa shape index (κ1) is 10.3. The topological polar surface area (TPSA) is 42.7 Å². The first-order valence-corrected chi connectivity index (χ1v) is 5.80. The van der Waals surface area contributed by atoms with E-state index < -0.39 is 0 Å². The van der Waals surface area contributed by atoms with Crippen LogP contribution in [0.15, 0.2) is 23.2 Å². The summed E-state index contributed by atoms with van der Waals surface area (Å²) < 4.78 is 1.71. The summed E-state index contributed by atoms with van der Waals surface area (Å²) in [6.07, 6.45) is 1.71. The molecule has 1 unspecified atom stereocenters. The lowest BCUT2D eigenvalue weighted by atomic mass is 10.2. The van der Waals surface area contributed by atoms with Crippen molar-refractivity contribution in [1.29, 1.82) is 0 Å². The van der Waals surface area contributed by atoms with E-state index in [1.807, 2.05) is 7.05 Å². The highest BCUT2D eigenvalue weighted by molar-refractivity contribution is 7.07. The molecule has 0 fully saturated rings. The van der Waals surface area contributed by atoms with Gasteiger partial charge < -0.3 is 5.32 Å². The molecule has 0 aliphatic carbocycles. The molecular weight excluding hydrogens is 208 g/mol. The summed E-state index contributed by atoms with van der Waals surface area (Å²) in [6, 6.07) is 2.48. The van der Waals surface area contributed by atoms with Crippen molar-refractivity contribution in [3.05, 3.63) is 34.5 Å². The number of thiophene rings is 1. The molecule has 0 amide bonds. The van der Waals surface area contributed by atoms with Crippen LogP contribution in [0.3, 0.4) is 0 Å². The summed E-state index contributed by atoms with van der Waals surface area (Å²) in [5.41, 5.74) is 1.32. The molecule has 80 valence electrons. The molecule has 0 bridgehead atoms. The Morgan fingerprint density at radius 2 is 2.47 bits per heavy atom. The Labute approximate surface area is 93.0 Å². The van der Waals surface area contributed by atoms with E-state index in [0.717, 1.165) is 5.82 Å². The third-order valence-corrected chi connectivity index (χ3v) is 2.96. The monoisotopic (exact) mass is 222 g/mol. The number of hydrogen-bond donors (Lipinski definition) is 1. The van der Waals surface area contributed by atoms with Gasteiger partial charge in [0.05, 0.1) is 6.54 Å². The third kappa shape index (κ3) is 2.64. The van der Waals surface area contributed by atoms with Crippen LogP contribution in [0.4, 0.5) is 0 Å². The molecule has 2 heterocycles. The molecule has 1 atom stereocenters. The molecule has 15 heavy (non-hydrogen) atoms. The van der Waals surface area contributed by atoms with Gasteiger partial charge in [0, 0.05) is 13.1 Å². The number of hydrogen-bond acceptors (Lipinski definition) is 4. The Hall–Kier alpha value is -1.20. The van der Waals surface area contributed by atoms with Gasteiger partial charge >= 0.3 is 0 Å². The van der Waals surface area contributed by atoms with Crippen molar-refractivity contribution in [1.82, 2.24) is 20.1 Å². The molecule has 0 aliphatic rings. The van der Waals surface area contributed by atoms with Crippen LogP contribution in [0, 0.1) is 0 Å². The lowest BCUT2D eigenvalue weighted by Gasteiger charge is -2.10. The second kappa shape index (κ2) is 4.55. The van der Waals surface area contributed by atoms with Crippen molar-refractivity contribution in [2.24, 2.45) is 7.05 Å². The molecule has 2 rings (SSSR count). The fraction of sp³-hybridized carbons (Fsp3) is 0.400. The zero-order valence-electron chi connectivity index (χ0n) is 8.84. The first-order valence-electron chi connectivity index (χ1n) is 4.85. The van der Waals surface area contributed by atoms with Crippen LogP contribution in [0.5, 0.6) is 0 Å². The first-order chi connectivity index (χ1) is 7.25. The molecule has 0 aromatic carbocycles. The SMILES string of the molecule is CC(NCc1ncn(C)n1)c1ccsc1. The summed E-state index contributed by atoms with van der Waals surface area (Å²) in [6.45, 7) is 2.85. The fourth-order valence-electron chi connectivity index (χ4n) is 1.35. The average Bonchev–Trinajstić information content (AvgIpc) is 2.84. The number of aryl methyl sites for hydroxylation is 1. The Balaban J connectivity index is 1.88. The van der Waals surface area contributed by atoms with E-state index in [0.29, 0.717) is 12.6 Å². The van der Waals surface area contributed by atoms with E-state index in [1.165, 1.54) is 5.56 Å². The maximum Gasteiger partial charge on any atom is 0.164 e. The van der Waals surface area contributed by atoms with E-state index in [1.54, 1.807) is 22.3 Å². The van der Waals surface area contributed by atoms with Crippen LogP contribution in [0.1, 0.15) is 24.4 Å². The largest absolute Gasteiger partial charge is 0.303 e. The van der Waals surface area contributed by atoms with Gasteiger partial charge in [0.1, 0.15) is 6.33 Å². The lowest BCUT2D eigenvalue weighted by molar-refractivity contribution is 0.557.